The molecule has 86 valence electrons. The third kappa shape index (κ3) is 2.04. The molecule has 0 aromatic carbocycles. The van der Waals surface area contributed by atoms with Crippen molar-refractivity contribution in [3.05, 3.63) is 23.7 Å². The summed E-state index contributed by atoms with van der Waals surface area (Å²) in [5.74, 6) is 1.26. The number of hydrogen-bond acceptors (Lipinski definition) is 4. The summed E-state index contributed by atoms with van der Waals surface area (Å²) in [7, 11) is 0. The van der Waals surface area contributed by atoms with Crippen molar-refractivity contribution in [2.24, 2.45) is 11.7 Å². The molecule has 5 heteroatoms. The van der Waals surface area contributed by atoms with Crippen LogP contribution in [0.25, 0.3) is 5.65 Å². The zero-order valence-corrected chi connectivity index (χ0v) is 9.88. The van der Waals surface area contributed by atoms with Gasteiger partial charge in [-0.25, -0.2) is 0 Å². The minimum Gasteiger partial charge on any atom is -0.327 e. The first-order chi connectivity index (χ1) is 7.58. The first-order valence-electron chi connectivity index (χ1n) is 5.51. The molecule has 2 N–H and O–H groups in total. The van der Waals surface area contributed by atoms with Crippen LogP contribution in [0.4, 0.5) is 0 Å². The van der Waals surface area contributed by atoms with Crippen LogP contribution < -0.4 is 5.73 Å². The van der Waals surface area contributed by atoms with Gasteiger partial charge in [0, 0.05) is 12.5 Å². The SMILES string of the molecule is Cc1ccc2nnc(CC(N)C(C)C)n2n1. The largest absolute Gasteiger partial charge is 0.327 e. The molecule has 0 spiro atoms. The molecule has 0 aliphatic heterocycles. The number of fused-ring (bicyclic) bond motifs is 1. The summed E-state index contributed by atoms with van der Waals surface area (Å²) < 4.78 is 1.78. The number of nitrogens with two attached hydrogens (primary N) is 1. The van der Waals surface area contributed by atoms with Crippen LogP contribution in [-0.2, 0) is 6.42 Å². The molecule has 0 bridgehead atoms. The molecule has 0 aliphatic rings. The molecule has 0 saturated carbocycles. The first kappa shape index (κ1) is 11.0. The van der Waals surface area contributed by atoms with E-state index < -0.39 is 0 Å². The van der Waals surface area contributed by atoms with Gasteiger partial charge in [0.15, 0.2) is 11.5 Å². The monoisotopic (exact) mass is 219 g/mol. The van der Waals surface area contributed by atoms with Gasteiger partial charge in [0.05, 0.1) is 5.69 Å². The summed E-state index contributed by atoms with van der Waals surface area (Å²) in [4.78, 5) is 0. The number of rotatable bonds is 3. The molecule has 0 amide bonds. The van der Waals surface area contributed by atoms with Gasteiger partial charge in [0.2, 0.25) is 0 Å². The Morgan fingerprint density at radius 2 is 2.06 bits per heavy atom. The first-order valence-corrected chi connectivity index (χ1v) is 5.51. The average molecular weight is 219 g/mol. The van der Waals surface area contributed by atoms with Gasteiger partial charge in [-0.2, -0.15) is 9.61 Å². The van der Waals surface area contributed by atoms with E-state index in [9.17, 15) is 0 Å². The second kappa shape index (κ2) is 4.17. The lowest BCUT2D eigenvalue weighted by molar-refractivity contribution is 0.477. The topological polar surface area (TPSA) is 69.1 Å². The highest BCUT2D eigenvalue weighted by Gasteiger charge is 2.13. The fourth-order valence-corrected chi connectivity index (χ4v) is 1.50. The normalized spacial score (nSPS) is 13.6. The summed E-state index contributed by atoms with van der Waals surface area (Å²) in [6, 6.07) is 3.94. The smallest absolute Gasteiger partial charge is 0.177 e. The van der Waals surface area contributed by atoms with Crippen molar-refractivity contribution in [2.45, 2.75) is 33.2 Å². The predicted octanol–water partition coefficient (Wildman–Crippen LogP) is 0.959. The number of hydrogen-bond donors (Lipinski definition) is 1. The minimum absolute atomic E-state index is 0.0923. The molecule has 0 aliphatic carbocycles. The van der Waals surface area contributed by atoms with Crippen LogP contribution in [0.2, 0.25) is 0 Å². The van der Waals surface area contributed by atoms with E-state index in [4.69, 9.17) is 5.73 Å². The quantitative estimate of drug-likeness (QED) is 0.834. The van der Waals surface area contributed by atoms with E-state index in [1.165, 1.54) is 0 Å². The lowest BCUT2D eigenvalue weighted by atomic mass is 10.0. The van der Waals surface area contributed by atoms with Crippen molar-refractivity contribution in [1.29, 1.82) is 0 Å². The van der Waals surface area contributed by atoms with Crippen LogP contribution >= 0.6 is 0 Å². The van der Waals surface area contributed by atoms with Gasteiger partial charge in [0.25, 0.3) is 0 Å². The van der Waals surface area contributed by atoms with E-state index in [1.807, 2.05) is 19.1 Å². The third-order valence-electron chi connectivity index (χ3n) is 2.74. The molecule has 0 saturated heterocycles. The Morgan fingerprint density at radius 3 is 2.75 bits per heavy atom. The number of aromatic nitrogens is 4. The highest BCUT2D eigenvalue weighted by molar-refractivity contribution is 5.36. The number of aryl methyl sites for hydroxylation is 1. The number of nitrogens with zero attached hydrogens (tertiary/aromatic N) is 4. The van der Waals surface area contributed by atoms with E-state index in [2.05, 4.69) is 29.1 Å². The molecule has 16 heavy (non-hydrogen) atoms. The van der Waals surface area contributed by atoms with Crippen molar-refractivity contribution in [2.75, 3.05) is 0 Å². The fourth-order valence-electron chi connectivity index (χ4n) is 1.50. The van der Waals surface area contributed by atoms with Gasteiger partial charge in [-0.1, -0.05) is 13.8 Å². The Bertz CT molecular complexity index is 488. The van der Waals surface area contributed by atoms with Crippen LogP contribution in [0.5, 0.6) is 0 Å². The molecular weight excluding hydrogens is 202 g/mol. The lowest BCUT2D eigenvalue weighted by Crippen LogP contribution is -2.29. The summed E-state index contributed by atoms with van der Waals surface area (Å²) in [5, 5.41) is 12.6. The molecule has 5 nitrogen and oxygen atoms in total. The Balaban J connectivity index is 2.34. The second-order valence-corrected chi connectivity index (χ2v) is 4.47. The van der Waals surface area contributed by atoms with E-state index in [-0.39, 0.29) is 6.04 Å². The van der Waals surface area contributed by atoms with Gasteiger partial charge < -0.3 is 5.73 Å². The second-order valence-electron chi connectivity index (χ2n) is 4.47. The Hall–Kier alpha value is -1.49. The van der Waals surface area contributed by atoms with Gasteiger partial charge in [-0.05, 0) is 25.0 Å². The third-order valence-corrected chi connectivity index (χ3v) is 2.74. The minimum atomic E-state index is 0.0923. The Labute approximate surface area is 94.7 Å². The molecule has 0 radical (unpaired) electrons. The molecule has 1 atom stereocenters. The molecular formula is C11H17N5. The maximum Gasteiger partial charge on any atom is 0.177 e. The van der Waals surface area contributed by atoms with Crippen molar-refractivity contribution in [3.8, 4) is 0 Å². The average Bonchev–Trinajstić information content (AvgIpc) is 2.61. The van der Waals surface area contributed by atoms with Gasteiger partial charge in [-0.15, -0.1) is 10.2 Å². The summed E-state index contributed by atoms with van der Waals surface area (Å²) in [5.41, 5.74) is 7.75. The molecule has 2 aromatic heterocycles. The van der Waals surface area contributed by atoms with Crippen LogP contribution in [-0.4, -0.2) is 25.9 Å². The highest BCUT2D eigenvalue weighted by Crippen LogP contribution is 2.08. The van der Waals surface area contributed by atoms with Crippen molar-refractivity contribution >= 4 is 5.65 Å². The summed E-state index contributed by atoms with van der Waals surface area (Å²) in [6.07, 6.45) is 0.704. The van der Waals surface area contributed by atoms with E-state index in [0.717, 1.165) is 17.2 Å². The van der Waals surface area contributed by atoms with Gasteiger partial charge in [-0.3, -0.25) is 0 Å². The highest BCUT2D eigenvalue weighted by atomic mass is 15.4. The predicted molar refractivity (Wildman–Crippen MR) is 62.0 cm³/mol. The maximum absolute atomic E-state index is 6.03. The van der Waals surface area contributed by atoms with Gasteiger partial charge >= 0.3 is 0 Å². The van der Waals surface area contributed by atoms with Crippen LogP contribution in [0.3, 0.4) is 0 Å². The Morgan fingerprint density at radius 1 is 1.31 bits per heavy atom. The van der Waals surface area contributed by atoms with Gasteiger partial charge in [0.1, 0.15) is 0 Å². The lowest BCUT2D eigenvalue weighted by Gasteiger charge is -2.13. The van der Waals surface area contributed by atoms with Crippen molar-refractivity contribution < 1.29 is 0 Å². The van der Waals surface area contributed by atoms with Crippen LogP contribution in [0.1, 0.15) is 25.4 Å². The van der Waals surface area contributed by atoms with Crippen LogP contribution in [0.15, 0.2) is 12.1 Å². The van der Waals surface area contributed by atoms with E-state index >= 15 is 0 Å². The standard InChI is InChI=1S/C11H17N5/c1-7(2)9(12)6-11-14-13-10-5-4-8(3)15-16(10)11/h4-5,7,9H,6,12H2,1-3H3. The molecule has 0 fully saturated rings. The molecule has 2 heterocycles. The molecule has 1 unspecified atom stereocenters. The zero-order valence-electron chi connectivity index (χ0n) is 9.88. The Kier molecular flexibility index (Phi) is 2.87. The summed E-state index contributed by atoms with van der Waals surface area (Å²) in [6.45, 7) is 6.16. The summed E-state index contributed by atoms with van der Waals surface area (Å²) >= 11 is 0. The molecule has 2 rings (SSSR count). The van der Waals surface area contributed by atoms with Crippen molar-refractivity contribution in [1.82, 2.24) is 19.8 Å². The molecule has 2 aromatic rings. The zero-order chi connectivity index (χ0) is 11.7. The maximum atomic E-state index is 6.03. The van der Waals surface area contributed by atoms with E-state index in [0.29, 0.717) is 12.3 Å². The van der Waals surface area contributed by atoms with Crippen LogP contribution in [0, 0.1) is 12.8 Å². The van der Waals surface area contributed by atoms with Crippen molar-refractivity contribution in [3.63, 3.8) is 0 Å². The van der Waals surface area contributed by atoms with E-state index in [1.54, 1.807) is 4.52 Å². The fraction of sp³-hybridized carbons (Fsp3) is 0.545.